The summed E-state index contributed by atoms with van der Waals surface area (Å²) in [5.41, 5.74) is 4.84. The van der Waals surface area contributed by atoms with Gasteiger partial charge in [0.1, 0.15) is 6.10 Å². The van der Waals surface area contributed by atoms with Crippen LogP contribution in [-0.2, 0) is 4.79 Å². The fourth-order valence-corrected chi connectivity index (χ4v) is 1.79. The van der Waals surface area contributed by atoms with Gasteiger partial charge in [0.15, 0.2) is 0 Å². The van der Waals surface area contributed by atoms with Crippen molar-refractivity contribution in [3.05, 3.63) is 28.3 Å². The van der Waals surface area contributed by atoms with Gasteiger partial charge in [-0.05, 0) is 12.1 Å². The lowest BCUT2D eigenvalue weighted by Gasteiger charge is -2.19. The normalized spacial score (nSPS) is 13.8. The first kappa shape index (κ1) is 15.2. The molecule has 1 aromatic rings. The molecule has 0 aromatic heterocycles. The van der Waals surface area contributed by atoms with Gasteiger partial charge in [-0.1, -0.05) is 11.6 Å². The molecule has 0 spiro atoms. The van der Waals surface area contributed by atoms with Crippen molar-refractivity contribution in [2.75, 3.05) is 5.73 Å². The Kier molecular flexibility index (Phi) is 4.71. The van der Waals surface area contributed by atoms with Crippen LogP contribution in [0.5, 0.6) is 0 Å². The van der Waals surface area contributed by atoms with Crippen molar-refractivity contribution in [1.82, 2.24) is 0 Å². The summed E-state index contributed by atoms with van der Waals surface area (Å²) in [6.07, 6.45) is -3.98. The molecule has 1 rings (SSSR count). The van der Waals surface area contributed by atoms with Crippen molar-refractivity contribution in [3.8, 4) is 0 Å². The Bertz CT molecular complexity index is 518. The van der Waals surface area contributed by atoms with E-state index in [-0.39, 0.29) is 21.8 Å². The van der Waals surface area contributed by atoms with E-state index >= 15 is 0 Å². The fraction of sp³-hybridized carbons (Fsp3) is 0.273. The summed E-state index contributed by atoms with van der Waals surface area (Å²) in [7, 11) is 0. The molecule has 6 N–H and O–H groups in total. The molecule has 104 valence electrons. The second-order valence-corrected chi connectivity index (χ2v) is 4.31. The number of halogens is 1. The molecule has 0 aliphatic heterocycles. The molecule has 0 aliphatic carbocycles. The predicted octanol–water partition coefficient (Wildman–Crippen LogP) is 0.489. The lowest BCUT2D eigenvalue weighted by Crippen LogP contribution is -2.23. The summed E-state index contributed by atoms with van der Waals surface area (Å²) in [5.74, 6) is -2.66. The molecule has 8 heteroatoms. The van der Waals surface area contributed by atoms with Gasteiger partial charge in [0.05, 0.1) is 23.8 Å². The quantitative estimate of drug-likeness (QED) is 0.497. The minimum atomic E-state index is -1.65. The highest BCUT2D eigenvalue weighted by Crippen LogP contribution is 2.30. The number of carbonyl (C=O) groups is 2. The number of aliphatic hydroxyl groups excluding tert-OH is 2. The summed E-state index contributed by atoms with van der Waals surface area (Å²) in [6.45, 7) is 0. The van der Waals surface area contributed by atoms with Crippen LogP contribution in [0.4, 0.5) is 5.69 Å². The Morgan fingerprint density at radius 2 is 1.84 bits per heavy atom. The molecule has 0 bridgehead atoms. The highest BCUT2D eigenvalue weighted by atomic mass is 35.5. The maximum atomic E-state index is 10.9. The molecule has 19 heavy (non-hydrogen) atoms. The zero-order valence-electron chi connectivity index (χ0n) is 9.58. The molecule has 7 nitrogen and oxygen atoms in total. The number of anilines is 1. The van der Waals surface area contributed by atoms with Crippen molar-refractivity contribution < 1.29 is 30.0 Å². The van der Waals surface area contributed by atoms with Gasteiger partial charge in [0.25, 0.3) is 0 Å². The molecule has 0 saturated carbocycles. The summed E-state index contributed by atoms with van der Waals surface area (Å²) in [4.78, 5) is 21.4. The number of aliphatic carboxylic acids is 1. The Morgan fingerprint density at radius 1 is 1.26 bits per heavy atom. The molecule has 0 amide bonds. The lowest BCUT2D eigenvalue weighted by atomic mass is 9.97. The lowest BCUT2D eigenvalue weighted by molar-refractivity contribution is -0.141. The second-order valence-electron chi connectivity index (χ2n) is 3.87. The molecular weight excluding hydrogens is 278 g/mol. The smallest absolute Gasteiger partial charge is 0.337 e. The highest BCUT2D eigenvalue weighted by Gasteiger charge is 2.25. The Labute approximate surface area is 112 Å². The molecule has 0 aliphatic rings. The number of aliphatic hydroxyl groups is 2. The van der Waals surface area contributed by atoms with Gasteiger partial charge in [-0.3, -0.25) is 4.79 Å². The van der Waals surface area contributed by atoms with E-state index in [9.17, 15) is 19.8 Å². The third kappa shape index (κ3) is 3.57. The summed E-state index contributed by atoms with van der Waals surface area (Å²) < 4.78 is 0. The number of hydrogen-bond acceptors (Lipinski definition) is 5. The number of hydrogen-bond donors (Lipinski definition) is 5. The molecular formula is C11H12ClNO6. The minimum Gasteiger partial charge on any atom is -0.481 e. The van der Waals surface area contributed by atoms with E-state index in [1.54, 1.807) is 0 Å². The number of rotatable bonds is 5. The predicted molar refractivity (Wildman–Crippen MR) is 66.0 cm³/mol. The first-order chi connectivity index (χ1) is 8.73. The zero-order chi connectivity index (χ0) is 14.7. The third-order valence-corrected chi connectivity index (χ3v) is 2.69. The molecule has 2 unspecified atom stereocenters. The van der Waals surface area contributed by atoms with Crippen LogP contribution in [0.15, 0.2) is 12.1 Å². The summed E-state index contributed by atoms with van der Waals surface area (Å²) in [6, 6.07) is 2.28. The van der Waals surface area contributed by atoms with Gasteiger partial charge >= 0.3 is 11.9 Å². The first-order valence-corrected chi connectivity index (χ1v) is 5.52. The number of nitrogen functional groups attached to an aromatic ring is 1. The van der Waals surface area contributed by atoms with E-state index < -0.39 is 30.6 Å². The van der Waals surface area contributed by atoms with E-state index in [2.05, 4.69) is 0 Å². The topological polar surface area (TPSA) is 141 Å². The van der Waals surface area contributed by atoms with Crippen LogP contribution in [0.3, 0.4) is 0 Å². The minimum absolute atomic E-state index is 0.00294. The number of benzene rings is 1. The van der Waals surface area contributed by atoms with Crippen LogP contribution in [0.25, 0.3) is 0 Å². The van der Waals surface area contributed by atoms with Crippen LogP contribution in [-0.4, -0.2) is 38.5 Å². The van der Waals surface area contributed by atoms with Crippen molar-refractivity contribution in [1.29, 1.82) is 0 Å². The van der Waals surface area contributed by atoms with E-state index in [0.29, 0.717) is 0 Å². The van der Waals surface area contributed by atoms with Crippen molar-refractivity contribution in [3.63, 3.8) is 0 Å². The Hall–Kier alpha value is -1.83. The third-order valence-electron chi connectivity index (χ3n) is 2.47. The summed E-state index contributed by atoms with van der Waals surface area (Å²) in [5, 5.41) is 36.7. The average molecular weight is 290 g/mol. The van der Waals surface area contributed by atoms with Crippen LogP contribution < -0.4 is 5.73 Å². The standard InChI is InChI=1S/C11H12ClNO6/c12-4-1-5(9(13)6(2-4)11(18)19)10(17)7(14)3-8(15)16/h1-2,7,10,14,17H,3,13H2,(H,15,16)(H,18,19). The van der Waals surface area contributed by atoms with Crippen LogP contribution >= 0.6 is 11.6 Å². The molecule has 0 saturated heterocycles. The molecule has 0 fully saturated rings. The maximum Gasteiger partial charge on any atom is 0.337 e. The Balaban J connectivity index is 3.19. The molecule has 0 radical (unpaired) electrons. The molecule has 0 heterocycles. The monoisotopic (exact) mass is 289 g/mol. The number of nitrogens with two attached hydrogens (primary N) is 1. The second kappa shape index (κ2) is 5.87. The van der Waals surface area contributed by atoms with Crippen molar-refractivity contribution >= 4 is 29.2 Å². The molecule has 2 atom stereocenters. The molecule has 1 aromatic carbocycles. The number of carboxylic acid groups (broad SMARTS) is 2. The van der Waals surface area contributed by atoms with Gasteiger partial charge in [0.2, 0.25) is 0 Å². The number of carboxylic acids is 2. The van der Waals surface area contributed by atoms with Gasteiger partial charge in [-0.2, -0.15) is 0 Å². The van der Waals surface area contributed by atoms with Crippen LogP contribution in [0.1, 0.15) is 28.4 Å². The van der Waals surface area contributed by atoms with Gasteiger partial charge < -0.3 is 26.2 Å². The van der Waals surface area contributed by atoms with Crippen molar-refractivity contribution in [2.45, 2.75) is 18.6 Å². The number of aromatic carboxylic acids is 1. The zero-order valence-corrected chi connectivity index (χ0v) is 10.3. The fourth-order valence-electron chi connectivity index (χ4n) is 1.56. The van der Waals surface area contributed by atoms with Gasteiger partial charge in [0, 0.05) is 10.6 Å². The van der Waals surface area contributed by atoms with E-state index in [1.165, 1.54) is 6.07 Å². The van der Waals surface area contributed by atoms with Gasteiger partial charge in [-0.25, -0.2) is 4.79 Å². The maximum absolute atomic E-state index is 10.9. The first-order valence-electron chi connectivity index (χ1n) is 5.14. The van der Waals surface area contributed by atoms with Crippen molar-refractivity contribution in [2.24, 2.45) is 0 Å². The van der Waals surface area contributed by atoms with Crippen LogP contribution in [0.2, 0.25) is 5.02 Å². The average Bonchev–Trinajstić information content (AvgIpc) is 2.29. The van der Waals surface area contributed by atoms with Crippen LogP contribution in [0, 0.1) is 0 Å². The Morgan fingerprint density at radius 3 is 2.32 bits per heavy atom. The summed E-state index contributed by atoms with van der Waals surface area (Å²) >= 11 is 5.69. The highest BCUT2D eigenvalue weighted by molar-refractivity contribution is 6.31. The van der Waals surface area contributed by atoms with E-state index in [4.69, 9.17) is 27.5 Å². The van der Waals surface area contributed by atoms with Gasteiger partial charge in [-0.15, -0.1) is 0 Å². The largest absolute Gasteiger partial charge is 0.481 e. The van der Waals surface area contributed by atoms with E-state index in [1.807, 2.05) is 0 Å². The van der Waals surface area contributed by atoms with E-state index in [0.717, 1.165) is 6.07 Å². The SMILES string of the molecule is Nc1c(C(=O)O)cc(Cl)cc1C(O)C(O)CC(=O)O.